The molecule has 15 rings (SSSR count). The molecule has 0 amide bonds. The van der Waals surface area contributed by atoms with E-state index in [-0.39, 0.29) is 25.7 Å². The van der Waals surface area contributed by atoms with Crippen molar-refractivity contribution in [3.8, 4) is 56.6 Å². The molecule has 2 aliphatic heterocycles. The summed E-state index contributed by atoms with van der Waals surface area (Å²) in [6.07, 6.45) is -3.51. The van der Waals surface area contributed by atoms with Crippen LogP contribution in [-0.2, 0) is 25.5 Å². The van der Waals surface area contributed by atoms with Crippen LogP contribution in [0.25, 0.3) is 77.5 Å². The predicted molar refractivity (Wildman–Crippen MR) is 273 cm³/mol. The molecule has 7 heteroatoms. The number of hydrogen-bond acceptors (Lipinski definition) is 4. The van der Waals surface area contributed by atoms with Gasteiger partial charge >= 0.3 is 0 Å². The molecule has 6 heterocycles. The summed E-state index contributed by atoms with van der Waals surface area (Å²) >= 11 is 0. The minimum atomic E-state index is -1.85. The Kier molecular flexibility index (Phi) is 6.48. The lowest BCUT2D eigenvalue weighted by atomic mass is 9.34. The third kappa shape index (κ3) is 5.28. The van der Waals surface area contributed by atoms with Gasteiger partial charge in [-0.1, -0.05) is 109 Å². The summed E-state index contributed by atoms with van der Waals surface area (Å²) in [4.78, 5) is 10.1. The number of pyridine rings is 2. The zero-order chi connectivity index (χ0) is 50.9. The highest BCUT2D eigenvalue weighted by molar-refractivity contribution is 6.98. The van der Waals surface area contributed by atoms with Crippen molar-refractivity contribution in [3.63, 3.8) is 0 Å². The second kappa shape index (κ2) is 14.3. The fourth-order valence-electron chi connectivity index (χ4n) is 11.4. The molecule has 6 nitrogen and oxygen atoms in total. The minimum absolute atomic E-state index is 0.0101. The molecule has 0 fully saturated rings. The standard InChI is InChI=1S/C60H43BN4O2/c1-3-19-38-36(15-1)17-9-23-40(38)44-25-11-29-48-55(44)66-57-52(64-50-31-7-5-21-42(50)46-27-13-33-62-59(46)64)35-53(65-51-32-8-6-22-43(51)47-28-14-34-63-60(47)65)58-54(57)61(48)49-30-12-26-45(56(49)67-58)41-24-10-18-37-16-2-4-20-39(37)41/h5-14,17-18,21-35H,1-4,15-16,19-20H2/i15D2,16D2,19D2,20D2. The molecule has 0 saturated carbocycles. The normalized spacial score (nSPS) is 19.4. The first-order valence-corrected chi connectivity index (χ1v) is 23.0. The van der Waals surface area contributed by atoms with Gasteiger partial charge in [-0.05, 0) is 138 Å². The second-order valence-electron chi connectivity index (χ2n) is 17.7. The van der Waals surface area contributed by atoms with Crippen LogP contribution in [-0.4, -0.2) is 25.8 Å². The topological polar surface area (TPSA) is 54.1 Å². The van der Waals surface area contributed by atoms with E-state index in [4.69, 9.17) is 24.9 Å². The van der Waals surface area contributed by atoms with E-state index in [2.05, 4.69) is 51.6 Å². The number of benzene rings is 7. The van der Waals surface area contributed by atoms with E-state index in [9.17, 15) is 5.48 Å². The van der Waals surface area contributed by atoms with Crippen LogP contribution < -0.4 is 25.9 Å². The molecule has 0 spiro atoms. The average molecular weight is 871 g/mol. The maximum atomic E-state index is 9.43. The molecule has 11 aromatic rings. The first kappa shape index (κ1) is 30.3. The quantitative estimate of drug-likeness (QED) is 0.165. The highest BCUT2D eigenvalue weighted by Gasteiger charge is 2.45. The second-order valence-corrected chi connectivity index (χ2v) is 17.7. The molecule has 67 heavy (non-hydrogen) atoms. The Hall–Kier alpha value is -7.90. The van der Waals surface area contributed by atoms with Crippen molar-refractivity contribution in [2.24, 2.45) is 0 Å². The van der Waals surface area contributed by atoms with Gasteiger partial charge in [0.25, 0.3) is 6.71 Å². The Balaban J connectivity index is 1.11. The van der Waals surface area contributed by atoms with Crippen LogP contribution in [0.5, 0.6) is 23.0 Å². The van der Waals surface area contributed by atoms with Crippen LogP contribution in [0.4, 0.5) is 0 Å². The molecule has 0 unspecified atom stereocenters. The zero-order valence-electron chi connectivity index (χ0n) is 44.1. The third-order valence-corrected chi connectivity index (χ3v) is 14.2. The van der Waals surface area contributed by atoms with E-state index in [1.54, 1.807) is 36.7 Å². The largest absolute Gasteiger partial charge is 0.455 e. The number of para-hydroxylation sites is 4. The van der Waals surface area contributed by atoms with Crippen molar-refractivity contribution in [2.45, 2.75) is 51.2 Å². The number of rotatable bonds is 4. The van der Waals surface area contributed by atoms with Gasteiger partial charge in [-0.2, -0.15) is 0 Å². The lowest BCUT2D eigenvalue weighted by Crippen LogP contribution is -2.58. The molecule has 0 N–H and O–H groups in total. The average Bonchev–Trinajstić information content (AvgIpc) is 4.07. The van der Waals surface area contributed by atoms with Crippen LogP contribution in [0, 0.1) is 0 Å². The van der Waals surface area contributed by atoms with Crippen molar-refractivity contribution in [1.29, 1.82) is 0 Å². The Labute approximate surface area is 399 Å². The smallest absolute Gasteiger partial charge is 0.260 e. The molecule has 0 saturated heterocycles. The molecular formula is C60H43BN4O2. The first-order valence-electron chi connectivity index (χ1n) is 27.0. The number of nitrogens with zero attached hydrogens (tertiary/aromatic N) is 4. The van der Waals surface area contributed by atoms with E-state index in [0.717, 1.165) is 49.0 Å². The van der Waals surface area contributed by atoms with Gasteiger partial charge in [0.1, 0.15) is 22.8 Å². The van der Waals surface area contributed by atoms with Crippen molar-refractivity contribution >= 4 is 67.0 Å². The fourth-order valence-corrected chi connectivity index (χ4v) is 11.4. The summed E-state index contributed by atoms with van der Waals surface area (Å²) in [7, 11) is 0. The van der Waals surface area contributed by atoms with Crippen LogP contribution in [0.2, 0.25) is 0 Å². The number of fused-ring (bicyclic) bond motifs is 12. The Bertz CT molecular complexity index is 3940. The summed E-state index contributed by atoms with van der Waals surface area (Å²) < 4.78 is 93.7. The SMILES string of the molecule is [2H]C1([2H])CCC([2H])([2H])c2c(-c3cccc4c3Oc3c(-n5c6ccccc6c6cccnc65)cc(-n5c6ccccc6c6cccnc65)c5c3B4c3cccc(-c4cccc6c4C([2H])([2H])CCC6([2H])[2H])c3O5)cccc21. The maximum Gasteiger partial charge on any atom is 0.260 e. The van der Waals surface area contributed by atoms with Gasteiger partial charge in [0.15, 0.2) is 11.5 Å². The first-order chi connectivity index (χ1) is 36.2. The van der Waals surface area contributed by atoms with Crippen molar-refractivity contribution in [3.05, 3.63) is 186 Å². The van der Waals surface area contributed by atoms with E-state index < -0.39 is 32.2 Å². The van der Waals surface area contributed by atoms with Gasteiger partial charge in [0.2, 0.25) is 0 Å². The molecular weight excluding hydrogens is 819 g/mol. The molecule has 4 aromatic heterocycles. The van der Waals surface area contributed by atoms with Crippen LogP contribution in [0.1, 0.15) is 58.9 Å². The summed E-state index contributed by atoms with van der Waals surface area (Å²) in [5, 5.41) is 3.88. The van der Waals surface area contributed by atoms with Crippen LogP contribution >= 0.6 is 0 Å². The number of hydrogen-bond donors (Lipinski definition) is 0. The summed E-state index contributed by atoms with van der Waals surface area (Å²) in [5.74, 6) is 1.94. The van der Waals surface area contributed by atoms with Crippen LogP contribution in [0.15, 0.2) is 164 Å². The summed E-state index contributed by atoms with van der Waals surface area (Å²) in [6.45, 7) is -0.617. The lowest BCUT2D eigenvalue weighted by molar-refractivity contribution is 0.463. The van der Waals surface area contributed by atoms with Crippen molar-refractivity contribution in [1.82, 2.24) is 19.1 Å². The monoisotopic (exact) mass is 870 g/mol. The Morgan fingerprint density at radius 2 is 0.881 bits per heavy atom. The number of aromatic nitrogens is 4. The molecule has 0 atom stereocenters. The molecule has 4 aliphatic rings. The third-order valence-electron chi connectivity index (χ3n) is 14.2. The highest BCUT2D eigenvalue weighted by atomic mass is 16.5. The van der Waals surface area contributed by atoms with Gasteiger partial charge in [-0.3, -0.25) is 9.13 Å². The van der Waals surface area contributed by atoms with Gasteiger partial charge in [0.05, 0.1) is 22.4 Å². The Morgan fingerprint density at radius 1 is 0.433 bits per heavy atom. The van der Waals surface area contributed by atoms with E-state index in [1.165, 1.54) is 0 Å². The van der Waals surface area contributed by atoms with E-state index >= 15 is 0 Å². The van der Waals surface area contributed by atoms with E-state index in [1.807, 2.05) is 84.9 Å². The van der Waals surface area contributed by atoms with Gasteiger partial charge in [-0.15, -0.1) is 0 Å². The lowest BCUT2D eigenvalue weighted by Gasteiger charge is -2.37. The number of ether oxygens (including phenoxy) is 2. The Morgan fingerprint density at radius 3 is 1.40 bits per heavy atom. The van der Waals surface area contributed by atoms with Crippen molar-refractivity contribution < 1.29 is 20.4 Å². The molecule has 0 bridgehead atoms. The van der Waals surface area contributed by atoms with Gasteiger partial charge in [-0.25, -0.2) is 9.97 Å². The maximum absolute atomic E-state index is 9.43. The zero-order valence-corrected chi connectivity index (χ0v) is 36.1. The van der Waals surface area contributed by atoms with E-state index in [0.29, 0.717) is 90.2 Å². The molecule has 2 aliphatic carbocycles. The highest BCUT2D eigenvalue weighted by Crippen LogP contribution is 2.50. The predicted octanol–water partition coefficient (Wildman–Crippen LogP) is 12.5. The molecule has 0 radical (unpaired) electrons. The molecule has 7 aromatic carbocycles. The fraction of sp³-hybridized carbons (Fsp3) is 0.133. The van der Waals surface area contributed by atoms with Crippen molar-refractivity contribution in [2.75, 3.05) is 0 Å². The minimum Gasteiger partial charge on any atom is -0.455 e. The summed E-state index contributed by atoms with van der Waals surface area (Å²) in [6, 6.07) is 49.1. The van der Waals surface area contributed by atoms with Gasteiger partial charge in [0, 0.05) is 61.5 Å². The number of aryl methyl sites for hydroxylation is 2. The summed E-state index contributed by atoms with van der Waals surface area (Å²) in [5.41, 5.74) is 10.4. The molecule has 318 valence electrons. The van der Waals surface area contributed by atoms with Crippen LogP contribution in [0.3, 0.4) is 0 Å². The van der Waals surface area contributed by atoms with Gasteiger partial charge < -0.3 is 9.47 Å².